The fourth-order valence-corrected chi connectivity index (χ4v) is 7.95. The van der Waals surface area contributed by atoms with E-state index in [-0.39, 0.29) is 23.7 Å². The van der Waals surface area contributed by atoms with E-state index in [2.05, 4.69) is 15.5 Å². The molecule has 0 spiro atoms. The number of fused-ring (bicyclic) bond motifs is 1. The SMILES string of the molecule is COC(=O)c1ccc(CCCc2ccc(NC(=O)c3c(NC(=O)c4cccc(C(=O)N(C)CCN5CCOCC5)c4)sc4c3CCCC4)cc2)cc1. The largest absolute Gasteiger partial charge is 0.465 e. The Balaban J connectivity index is 1.07. The Bertz CT molecular complexity index is 1880. The zero-order valence-electron chi connectivity index (χ0n) is 29.9. The predicted molar refractivity (Wildman–Crippen MR) is 204 cm³/mol. The van der Waals surface area contributed by atoms with Gasteiger partial charge in [0.25, 0.3) is 17.7 Å². The van der Waals surface area contributed by atoms with Crippen molar-refractivity contribution in [1.29, 1.82) is 0 Å². The Hall–Kier alpha value is -4.84. The number of methoxy groups -OCH3 is 1. The summed E-state index contributed by atoms with van der Waals surface area (Å²) in [6.45, 7) is 4.47. The van der Waals surface area contributed by atoms with Crippen LogP contribution in [0.4, 0.5) is 10.7 Å². The summed E-state index contributed by atoms with van der Waals surface area (Å²) in [6.07, 6.45) is 6.40. The summed E-state index contributed by atoms with van der Waals surface area (Å²) in [7, 11) is 3.15. The van der Waals surface area contributed by atoms with E-state index in [1.54, 1.807) is 48.3 Å². The number of esters is 1. The van der Waals surface area contributed by atoms with Gasteiger partial charge in [0, 0.05) is 54.9 Å². The van der Waals surface area contributed by atoms with E-state index in [9.17, 15) is 19.2 Å². The summed E-state index contributed by atoms with van der Waals surface area (Å²) in [5, 5.41) is 6.62. The van der Waals surface area contributed by atoms with Gasteiger partial charge >= 0.3 is 5.97 Å². The molecule has 2 heterocycles. The number of likely N-dealkylation sites (N-methyl/N-ethyl adjacent to an activating group) is 1. The topological polar surface area (TPSA) is 117 Å². The number of hydrogen-bond acceptors (Lipinski definition) is 8. The Kier molecular flexibility index (Phi) is 12.5. The van der Waals surface area contributed by atoms with Gasteiger partial charge in [0.2, 0.25) is 0 Å². The first-order valence-electron chi connectivity index (χ1n) is 18.0. The minimum atomic E-state index is -0.359. The van der Waals surface area contributed by atoms with Gasteiger partial charge in [-0.15, -0.1) is 11.3 Å². The fraction of sp³-hybridized carbons (Fsp3) is 0.366. The Morgan fingerprint density at radius 3 is 2.21 bits per heavy atom. The lowest BCUT2D eigenvalue weighted by Gasteiger charge is -2.28. The highest BCUT2D eigenvalue weighted by molar-refractivity contribution is 7.17. The van der Waals surface area contributed by atoms with Crippen LogP contribution in [0.25, 0.3) is 0 Å². The van der Waals surface area contributed by atoms with Gasteiger partial charge in [-0.2, -0.15) is 0 Å². The number of nitrogens with zero attached hydrogens (tertiary/aromatic N) is 2. The molecular weight excluding hydrogens is 677 g/mol. The fourth-order valence-electron chi connectivity index (χ4n) is 6.67. The van der Waals surface area contributed by atoms with Gasteiger partial charge < -0.3 is 25.0 Å². The van der Waals surface area contributed by atoms with E-state index in [4.69, 9.17) is 9.47 Å². The first-order chi connectivity index (χ1) is 25.3. The standard InChI is InChI=1S/C41H46N4O6S/c1-44(21-22-45-23-25-51-26-24-45)40(48)32-10-6-9-31(27-32)37(46)43-39-36(34-11-3-4-12-35(34)52-39)38(47)42-33-19-15-29(16-20-33)8-5-7-28-13-17-30(18-14-28)41(49)50-2/h6,9-10,13-20,27H,3-5,7-8,11-12,21-26H2,1-2H3,(H,42,47)(H,43,46). The van der Waals surface area contributed by atoms with Crippen molar-refractivity contribution in [2.45, 2.75) is 44.9 Å². The van der Waals surface area contributed by atoms with Crippen molar-refractivity contribution in [3.8, 4) is 0 Å². The molecule has 1 aliphatic carbocycles. The van der Waals surface area contributed by atoms with Gasteiger partial charge in [0.1, 0.15) is 5.00 Å². The number of carbonyl (C=O) groups excluding carboxylic acids is 4. The lowest BCUT2D eigenvalue weighted by Crippen LogP contribution is -2.41. The Morgan fingerprint density at radius 2 is 1.50 bits per heavy atom. The smallest absolute Gasteiger partial charge is 0.337 e. The van der Waals surface area contributed by atoms with E-state index in [0.29, 0.717) is 52.7 Å². The highest BCUT2D eigenvalue weighted by Crippen LogP contribution is 2.39. The summed E-state index contributed by atoms with van der Waals surface area (Å²) < 4.78 is 10.2. The maximum absolute atomic E-state index is 13.8. The number of carbonyl (C=O) groups is 4. The molecule has 0 bridgehead atoms. The van der Waals surface area contributed by atoms with Gasteiger partial charge in [0.05, 0.1) is 31.5 Å². The van der Waals surface area contributed by atoms with Gasteiger partial charge in [-0.25, -0.2) is 4.79 Å². The molecule has 0 unspecified atom stereocenters. The van der Waals surface area contributed by atoms with Crippen molar-refractivity contribution in [2.24, 2.45) is 0 Å². The van der Waals surface area contributed by atoms with Crippen molar-refractivity contribution in [3.63, 3.8) is 0 Å². The molecule has 1 fully saturated rings. The minimum absolute atomic E-state index is 0.146. The molecule has 3 aromatic carbocycles. The molecule has 2 aliphatic rings. The molecule has 1 aromatic heterocycles. The van der Waals surface area contributed by atoms with Crippen LogP contribution in [0.15, 0.2) is 72.8 Å². The molecule has 1 saturated heterocycles. The number of rotatable bonds is 13. The lowest BCUT2D eigenvalue weighted by molar-refractivity contribution is 0.0338. The average Bonchev–Trinajstić information content (AvgIpc) is 3.55. The highest BCUT2D eigenvalue weighted by Gasteiger charge is 2.27. The van der Waals surface area contributed by atoms with E-state index in [1.165, 1.54) is 18.4 Å². The van der Waals surface area contributed by atoms with Crippen molar-refractivity contribution < 1.29 is 28.7 Å². The molecular formula is C41H46N4O6S. The number of morpholine rings is 1. The van der Waals surface area contributed by atoms with Crippen LogP contribution >= 0.6 is 11.3 Å². The van der Waals surface area contributed by atoms with Crippen LogP contribution in [-0.2, 0) is 35.2 Å². The second-order valence-electron chi connectivity index (χ2n) is 13.3. The predicted octanol–water partition coefficient (Wildman–Crippen LogP) is 6.50. The first kappa shape index (κ1) is 36.9. The number of hydrogen-bond donors (Lipinski definition) is 2. The Morgan fingerprint density at radius 1 is 0.827 bits per heavy atom. The van der Waals surface area contributed by atoms with Crippen LogP contribution in [0.2, 0.25) is 0 Å². The summed E-state index contributed by atoms with van der Waals surface area (Å²) in [6, 6.07) is 22.1. The van der Waals surface area contributed by atoms with Crippen LogP contribution in [0, 0.1) is 0 Å². The molecule has 11 heteroatoms. The normalized spacial score (nSPS) is 14.3. The Labute approximate surface area is 309 Å². The van der Waals surface area contributed by atoms with Gasteiger partial charge in [-0.05, 0) is 104 Å². The van der Waals surface area contributed by atoms with E-state index < -0.39 is 0 Å². The van der Waals surface area contributed by atoms with Crippen molar-refractivity contribution in [1.82, 2.24) is 9.80 Å². The first-order valence-corrected chi connectivity index (χ1v) is 18.8. The van der Waals surface area contributed by atoms with Gasteiger partial charge in [-0.1, -0.05) is 30.3 Å². The molecule has 1 aliphatic heterocycles. The third kappa shape index (κ3) is 9.33. The second-order valence-corrected chi connectivity index (χ2v) is 14.4. The number of nitrogens with one attached hydrogen (secondary N) is 2. The third-order valence-electron chi connectivity index (χ3n) is 9.72. The molecule has 0 saturated carbocycles. The summed E-state index contributed by atoms with van der Waals surface area (Å²) in [5.74, 6) is -1.09. The quantitative estimate of drug-likeness (QED) is 0.152. The van der Waals surface area contributed by atoms with Crippen LogP contribution in [0.1, 0.15) is 82.3 Å². The van der Waals surface area contributed by atoms with Crippen molar-refractivity contribution in [3.05, 3.63) is 117 Å². The summed E-state index contributed by atoms with van der Waals surface area (Å²) >= 11 is 1.47. The molecule has 4 aromatic rings. The van der Waals surface area contributed by atoms with E-state index in [0.717, 1.165) is 86.1 Å². The minimum Gasteiger partial charge on any atom is -0.465 e. The zero-order chi connectivity index (χ0) is 36.5. The highest BCUT2D eigenvalue weighted by atomic mass is 32.1. The summed E-state index contributed by atoms with van der Waals surface area (Å²) in [5.41, 5.74) is 5.87. The molecule has 10 nitrogen and oxygen atoms in total. The number of thiophene rings is 1. The number of benzene rings is 3. The number of anilines is 2. The average molecular weight is 723 g/mol. The van der Waals surface area contributed by atoms with Gasteiger partial charge in [-0.3, -0.25) is 19.3 Å². The van der Waals surface area contributed by atoms with Crippen LogP contribution < -0.4 is 10.6 Å². The third-order valence-corrected chi connectivity index (χ3v) is 10.9. The van der Waals surface area contributed by atoms with Gasteiger partial charge in [0.15, 0.2) is 0 Å². The zero-order valence-corrected chi connectivity index (χ0v) is 30.7. The maximum Gasteiger partial charge on any atom is 0.337 e. The molecule has 0 radical (unpaired) electrons. The maximum atomic E-state index is 13.8. The molecule has 52 heavy (non-hydrogen) atoms. The van der Waals surface area contributed by atoms with Crippen molar-refractivity contribution in [2.75, 3.05) is 64.2 Å². The van der Waals surface area contributed by atoms with E-state index >= 15 is 0 Å². The van der Waals surface area contributed by atoms with Crippen molar-refractivity contribution >= 4 is 45.7 Å². The number of aryl methyl sites for hydroxylation is 3. The number of ether oxygens (including phenoxy) is 2. The van der Waals surface area contributed by atoms with Crippen LogP contribution in [-0.4, -0.2) is 87.0 Å². The second kappa shape index (κ2) is 17.6. The number of amides is 3. The molecule has 0 atom stereocenters. The summed E-state index contributed by atoms with van der Waals surface area (Å²) in [4.78, 5) is 57.5. The molecule has 6 rings (SSSR count). The van der Waals surface area contributed by atoms with Crippen LogP contribution in [0.5, 0.6) is 0 Å². The molecule has 272 valence electrons. The molecule has 3 amide bonds. The molecule has 2 N–H and O–H groups in total. The van der Waals surface area contributed by atoms with E-state index in [1.807, 2.05) is 36.4 Å². The lowest BCUT2D eigenvalue weighted by atomic mass is 9.95. The monoisotopic (exact) mass is 722 g/mol. The van der Waals surface area contributed by atoms with Crippen LogP contribution in [0.3, 0.4) is 0 Å².